The zero-order valence-corrected chi connectivity index (χ0v) is 7.42. The van der Waals surface area contributed by atoms with E-state index in [2.05, 4.69) is 0 Å². The Morgan fingerprint density at radius 1 is 1.38 bits per heavy atom. The first-order valence-electron chi connectivity index (χ1n) is 4.12. The van der Waals surface area contributed by atoms with Gasteiger partial charge in [0.15, 0.2) is 0 Å². The Balaban J connectivity index is 2.54. The zero-order valence-electron chi connectivity index (χ0n) is 7.42. The van der Waals surface area contributed by atoms with Gasteiger partial charge in [-0.15, -0.1) is 0 Å². The van der Waals surface area contributed by atoms with Crippen molar-refractivity contribution in [2.24, 2.45) is 0 Å². The topological polar surface area (TPSA) is 26.3 Å². The van der Waals surface area contributed by atoms with Gasteiger partial charge >= 0.3 is 5.97 Å². The maximum Gasteiger partial charge on any atom is 0.310 e. The fourth-order valence-electron chi connectivity index (χ4n) is 0.981. The quantitative estimate of drug-likeness (QED) is 0.667. The molecule has 0 fully saturated rings. The molecule has 0 spiro atoms. The largest absolute Gasteiger partial charge is 0.466 e. The van der Waals surface area contributed by atoms with Crippen molar-refractivity contribution in [1.82, 2.24) is 0 Å². The lowest BCUT2D eigenvalue weighted by molar-refractivity contribution is -0.142. The summed E-state index contributed by atoms with van der Waals surface area (Å²) in [5.74, 6) is -0.582. The maximum atomic E-state index is 12.5. The number of benzene rings is 1. The Morgan fingerprint density at radius 3 is 2.54 bits per heavy atom. The Bertz CT molecular complexity index is 279. The van der Waals surface area contributed by atoms with Crippen molar-refractivity contribution in [3.05, 3.63) is 35.6 Å². The zero-order chi connectivity index (χ0) is 9.68. The van der Waals surface area contributed by atoms with Gasteiger partial charge in [-0.25, -0.2) is 4.39 Å². The fourth-order valence-corrected chi connectivity index (χ4v) is 0.981. The van der Waals surface area contributed by atoms with E-state index < -0.39 is 0 Å². The Hall–Kier alpha value is -1.38. The van der Waals surface area contributed by atoms with Gasteiger partial charge in [-0.2, -0.15) is 0 Å². The minimum atomic E-state index is -0.299. The van der Waals surface area contributed by atoms with Crippen LogP contribution in [0.15, 0.2) is 24.3 Å². The summed E-state index contributed by atoms with van der Waals surface area (Å²) in [7, 11) is 0. The minimum absolute atomic E-state index is 0.202. The van der Waals surface area contributed by atoms with Crippen molar-refractivity contribution in [3.63, 3.8) is 0 Å². The Labute approximate surface area is 76.3 Å². The average molecular weight is 182 g/mol. The van der Waals surface area contributed by atoms with E-state index >= 15 is 0 Å². The summed E-state index contributed by atoms with van der Waals surface area (Å²) < 4.78 is 17.2. The second-order valence-corrected chi connectivity index (χ2v) is 2.61. The normalized spacial score (nSPS) is 9.69. The predicted octanol–water partition coefficient (Wildman–Crippen LogP) is 1.93. The van der Waals surface area contributed by atoms with Crippen LogP contribution in [-0.2, 0) is 16.0 Å². The van der Waals surface area contributed by atoms with Gasteiger partial charge < -0.3 is 4.74 Å². The van der Waals surface area contributed by atoms with Crippen molar-refractivity contribution >= 4 is 5.97 Å². The van der Waals surface area contributed by atoms with Crippen molar-refractivity contribution in [1.29, 1.82) is 0 Å². The number of carbonyl (C=O) groups excluding carboxylic acids is 1. The fraction of sp³-hybridized carbons (Fsp3) is 0.300. The highest BCUT2D eigenvalue weighted by Gasteiger charge is 2.02. The van der Waals surface area contributed by atoms with E-state index in [0.29, 0.717) is 6.61 Å². The van der Waals surface area contributed by atoms with Crippen LogP contribution in [-0.4, -0.2) is 12.6 Å². The summed E-state index contributed by atoms with van der Waals surface area (Å²) in [4.78, 5) is 11.0. The smallest absolute Gasteiger partial charge is 0.310 e. The van der Waals surface area contributed by atoms with E-state index in [4.69, 9.17) is 4.74 Å². The highest BCUT2D eigenvalue weighted by atomic mass is 19.1. The van der Waals surface area contributed by atoms with E-state index in [-0.39, 0.29) is 18.2 Å². The molecule has 0 aliphatic carbocycles. The maximum absolute atomic E-state index is 12.5. The van der Waals surface area contributed by atoms with Crippen molar-refractivity contribution in [2.75, 3.05) is 6.61 Å². The molecule has 0 aromatic heterocycles. The Kier molecular flexibility index (Phi) is 3.43. The SMILES string of the molecule is CCOC(=O)Cc1ccc(F)cc1. The molecule has 3 heteroatoms. The van der Waals surface area contributed by atoms with E-state index in [0.717, 1.165) is 5.56 Å². The summed E-state index contributed by atoms with van der Waals surface area (Å²) in [6.07, 6.45) is 0.202. The summed E-state index contributed by atoms with van der Waals surface area (Å²) in [5.41, 5.74) is 0.764. The van der Waals surface area contributed by atoms with Crippen LogP contribution in [0.5, 0.6) is 0 Å². The molecule has 0 heterocycles. The second kappa shape index (κ2) is 4.60. The first-order valence-corrected chi connectivity index (χ1v) is 4.12. The molecule has 1 aromatic carbocycles. The van der Waals surface area contributed by atoms with Crippen LogP contribution in [0.25, 0.3) is 0 Å². The Morgan fingerprint density at radius 2 is 2.00 bits per heavy atom. The van der Waals surface area contributed by atoms with Crippen LogP contribution in [0.1, 0.15) is 12.5 Å². The van der Waals surface area contributed by atoms with Gasteiger partial charge in [0.05, 0.1) is 13.0 Å². The summed E-state index contributed by atoms with van der Waals surface area (Å²) in [5, 5.41) is 0. The molecular weight excluding hydrogens is 171 g/mol. The molecule has 0 radical (unpaired) electrons. The molecule has 0 atom stereocenters. The lowest BCUT2D eigenvalue weighted by Crippen LogP contribution is -2.07. The molecule has 0 bridgehead atoms. The van der Waals surface area contributed by atoms with Crippen LogP contribution < -0.4 is 0 Å². The number of hydrogen-bond donors (Lipinski definition) is 0. The van der Waals surface area contributed by atoms with E-state index in [1.54, 1.807) is 19.1 Å². The molecule has 0 unspecified atom stereocenters. The minimum Gasteiger partial charge on any atom is -0.466 e. The van der Waals surface area contributed by atoms with Crippen molar-refractivity contribution in [3.8, 4) is 0 Å². The number of esters is 1. The first kappa shape index (κ1) is 9.71. The molecule has 0 N–H and O–H groups in total. The third kappa shape index (κ3) is 3.23. The summed E-state index contributed by atoms with van der Waals surface area (Å²) >= 11 is 0. The van der Waals surface area contributed by atoms with E-state index in [1.807, 2.05) is 0 Å². The highest BCUT2D eigenvalue weighted by Crippen LogP contribution is 2.04. The molecule has 0 aliphatic rings. The summed E-state index contributed by atoms with van der Waals surface area (Å²) in [6, 6.07) is 5.81. The molecule has 1 aromatic rings. The molecule has 2 nitrogen and oxygen atoms in total. The molecule has 0 aliphatic heterocycles. The van der Waals surface area contributed by atoms with Gasteiger partial charge in [0, 0.05) is 0 Å². The molecule has 1 rings (SSSR count). The van der Waals surface area contributed by atoms with Crippen LogP contribution in [0.2, 0.25) is 0 Å². The van der Waals surface area contributed by atoms with Gasteiger partial charge in [-0.3, -0.25) is 4.79 Å². The third-order valence-electron chi connectivity index (χ3n) is 1.57. The van der Waals surface area contributed by atoms with Gasteiger partial charge in [-0.05, 0) is 24.6 Å². The first-order chi connectivity index (χ1) is 6.22. The number of hydrogen-bond acceptors (Lipinski definition) is 2. The molecule has 0 saturated heterocycles. The number of carbonyl (C=O) groups is 1. The van der Waals surface area contributed by atoms with Crippen LogP contribution in [0.4, 0.5) is 4.39 Å². The van der Waals surface area contributed by atoms with Crippen LogP contribution in [0, 0.1) is 5.82 Å². The van der Waals surface area contributed by atoms with E-state index in [1.165, 1.54) is 12.1 Å². The van der Waals surface area contributed by atoms with Crippen molar-refractivity contribution < 1.29 is 13.9 Å². The van der Waals surface area contributed by atoms with Gasteiger partial charge in [0.25, 0.3) is 0 Å². The third-order valence-corrected chi connectivity index (χ3v) is 1.57. The average Bonchev–Trinajstić information content (AvgIpc) is 2.09. The van der Waals surface area contributed by atoms with Gasteiger partial charge in [0.1, 0.15) is 5.82 Å². The summed E-state index contributed by atoms with van der Waals surface area (Å²) in [6.45, 7) is 2.13. The number of ether oxygens (including phenoxy) is 1. The standard InChI is InChI=1S/C10H11FO2/c1-2-13-10(12)7-8-3-5-9(11)6-4-8/h3-6H,2,7H2,1H3. The lowest BCUT2D eigenvalue weighted by Gasteiger charge is -2.01. The van der Waals surface area contributed by atoms with Crippen LogP contribution in [0.3, 0.4) is 0 Å². The monoisotopic (exact) mass is 182 g/mol. The molecular formula is C10H11FO2. The second-order valence-electron chi connectivity index (χ2n) is 2.61. The predicted molar refractivity (Wildman–Crippen MR) is 46.7 cm³/mol. The van der Waals surface area contributed by atoms with Crippen LogP contribution >= 0.6 is 0 Å². The lowest BCUT2D eigenvalue weighted by atomic mass is 10.1. The highest BCUT2D eigenvalue weighted by molar-refractivity contribution is 5.72. The van der Waals surface area contributed by atoms with Gasteiger partial charge in [0.2, 0.25) is 0 Å². The molecule has 70 valence electrons. The molecule has 0 saturated carbocycles. The molecule has 13 heavy (non-hydrogen) atoms. The van der Waals surface area contributed by atoms with E-state index in [9.17, 15) is 9.18 Å². The molecule has 0 amide bonds. The van der Waals surface area contributed by atoms with Gasteiger partial charge in [-0.1, -0.05) is 12.1 Å². The number of rotatable bonds is 3. The number of halogens is 1. The van der Waals surface area contributed by atoms with Crippen molar-refractivity contribution in [2.45, 2.75) is 13.3 Å².